The lowest BCUT2D eigenvalue weighted by atomic mass is 10.5. The molecule has 1 aromatic heterocycles. The molecule has 6 heteroatoms. The van der Waals surface area contributed by atoms with Gasteiger partial charge in [-0.1, -0.05) is 11.8 Å². The van der Waals surface area contributed by atoms with Crippen LogP contribution in [-0.2, 0) is 4.79 Å². The van der Waals surface area contributed by atoms with Crippen LogP contribution in [0.1, 0.15) is 5.69 Å². The highest BCUT2D eigenvalue weighted by atomic mass is 32.2. The lowest BCUT2D eigenvalue weighted by Gasteiger charge is -1.98. The molecule has 0 saturated carbocycles. The highest BCUT2D eigenvalue weighted by molar-refractivity contribution is 7.99. The van der Waals surface area contributed by atoms with Crippen LogP contribution in [0.2, 0.25) is 0 Å². The summed E-state index contributed by atoms with van der Waals surface area (Å²) in [6.45, 7) is 1.71. The first-order valence-electron chi connectivity index (χ1n) is 3.57. The average molecular weight is 199 g/mol. The van der Waals surface area contributed by atoms with Crippen LogP contribution in [0.15, 0.2) is 16.0 Å². The van der Waals surface area contributed by atoms with E-state index in [9.17, 15) is 9.59 Å². The zero-order valence-corrected chi connectivity index (χ0v) is 7.85. The van der Waals surface area contributed by atoms with Crippen molar-refractivity contribution in [3.8, 4) is 0 Å². The predicted molar refractivity (Wildman–Crippen MR) is 49.5 cm³/mol. The Hall–Kier alpha value is -1.30. The highest BCUT2D eigenvalue weighted by Gasteiger charge is 2.01. The van der Waals surface area contributed by atoms with E-state index >= 15 is 0 Å². The summed E-state index contributed by atoms with van der Waals surface area (Å²) in [5.41, 5.74) is 5.34. The Morgan fingerprint density at radius 3 is 3.00 bits per heavy atom. The van der Waals surface area contributed by atoms with Gasteiger partial charge in [0.05, 0.1) is 5.75 Å². The van der Waals surface area contributed by atoms with Crippen molar-refractivity contribution >= 4 is 17.7 Å². The van der Waals surface area contributed by atoms with Crippen molar-refractivity contribution in [2.45, 2.75) is 12.1 Å². The first-order chi connectivity index (χ1) is 6.08. The van der Waals surface area contributed by atoms with E-state index in [0.717, 1.165) is 11.8 Å². The van der Waals surface area contributed by atoms with Crippen molar-refractivity contribution in [3.63, 3.8) is 0 Å². The molecule has 1 rings (SSSR count). The van der Waals surface area contributed by atoms with Gasteiger partial charge in [0.1, 0.15) is 0 Å². The zero-order valence-electron chi connectivity index (χ0n) is 7.03. The van der Waals surface area contributed by atoms with Gasteiger partial charge in [0, 0.05) is 11.8 Å². The van der Waals surface area contributed by atoms with Gasteiger partial charge in [0.15, 0.2) is 5.16 Å². The second-order valence-electron chi connectivity index (χ2n) is 2.45. The molecule has 13 heavy (non-hydrogen) atoms. The summed E-state index contributed by atoms with van der Waals surface area (Å²) in [4.78, 5) is 27.9. The number of amides is 1. The number of primary amides is 1. The van der Waals surface area contributed by atoms with Crippen LogP contribution < -0.4 is 11.3 Å². The first kappa shape index (κ1) is 9.79. The minimum absolute atomic E-state index is 0.117. The predicted octanol–water partition coefficient (Wildman–Crippen LogP) is -0.344. The molecule has 1 amide bonds. The molecule has 0 aliphatic carbocycles. The molecule has 70 valence electrons. The van der Waals surface area contributed by atoms with Crippen molar-refractivity contribution in [2.24, 2.45) is 5.73 Å². The number of hydrogen-bond donors (Lipinski definition) is 2. The normalized spacial score (nSPS) is 9.92. The molecular formula is C7H9N3O2S. The summed E-state index contributed by atoms with van der Waals surface area (Å²) < 4.78 is 0. The lowest BCUT2D eigenvalue weighted by Crippen LogP contribution is -2.15. The van der Waals surface area contributed by atoms with Crippen LogP contribution in [0.4, 0.5) is 0 Å². The first-order valence-corrected chi connectivity index (χ1v) is 4.55. The van der Waals surface area contributed by atoms with E-state index in [1.54, 1.807) is 6.92 Å². The number of aromatic amines is 1. The monoisotopic (exact) mass is 199 g/mol. The number of carbonyl (C=O) groups is 1. The van der Waals surface area contributed by atoms with Crippen LogP contribution in [0.5, 0.6) is 0 Å². The van der Waals surface area contributed by atoms with Gasteiger partial charge in [0.2, 0.25) is 5.91 Å². The van der Waals surface area contributed by atoms with Crippen LogP contribution in [0, 0.1) is 6.92 Å². The molecule has 0 spiro atoms. The number of H-pyrrole nitrogens is 1. The van der Waals surface area contributed by atoms with Crippen molar-refractivity contribution in [1.29, 1.82) is 0 Å². The fourth-order valence-electron chi connectivity index (χ4n) is 0.759. The summed E-state index contributed by atoms with van der Waals surface area (Å²) in [5, 5.41) is 0.420. The summed E-state index contributed by atoms with van der Waals surface area (Å²) in [6, 6.07) is 1.38. The second kappa shape index (κ2) is 4.08. The van der Waals surface area contributed by atoms with Crippen molar-refractivity contribution in [3.05, 3.63) is 22.1 Å². The van der Waals surface area contributed by atoms with E-state index < -0.39 is 5.91 Å². The van der Waals surface area contributed by atoms with Gasteiger partial charge in [0.25, 0.3) is 5.56 Å². The largest absolute Gasteiger partial charge is 0.369 e. The fourth-order valence-corrected chi connectivity index (χ4v) is 1.42. The number of nitrogens with zero attached hydrogens (tertiary/aromatic N) is 1. The number of hydrogen-bond acceptors (Lipinski definition) is 4. The maximum atomic E-state index is 10.9. The van der Waals surface area contributed by atoms with Crippen LogP contribution in [0.25, 0.3) is 0 Å². The second-order valence-corrected chi connectivity index (χ2v) is 3.41. The molecule has 0 unspecified atom stereocenters. The number of rotatable bonds is 3. The number of aryl methyl sites for hydroxylation is 1. The number of carbonyl (C=O) groups excluding carboxylic acids is 1. The Kier molecular flexibility index (Phi) is 3.07. The Bertz CT molecular complexity index is 374. The standard InChI is InChI=1S/C7H9N3O2S/c1-4-2-6(12)10-7(9-4)13-3-5(8)11/h2H,3H2,1H3,(H2,8,11)(H,9,10,12). The third kappa shape index (κ3) is 3.29. The molecule has 0 saturated heterocycles. The van der Waals surface area contributed by atoms with E-state index in [1.807, 2.05) is 0 Å². The van der Waals surface area contributed by atoms with E-state index in [2.05, 4.69) is 9.97 Å². The zero-order chi connectivity index (χ0) is 9.84. The molecule has 0 atom stereocenters. The van der Waals surface area contributed by atoms with Gasteiger partial charge in [-0.05, 0) is 6.92 Å². The van der Waals surface area contributed by atoms with Crippen LogP contribution >= 0.6 is 11.8 Å². The molecule has 1 heterocycles. The van der Waals surface area contributed by atoms with Crippen molar-refractivity contribution < 1.29 is 4.79 Å². The molecule has 0 bridgehead atoms. The van der Waals surface area contributed by atoms with Gasteiger partial charge in [-0.3, -0.25) is 9.59 Å². The van der Waals surface area contributed by atoms with Gasteiger partial charge >= 0.3 is 0 Å². The van der Waals surface area contributed by atoms with Crippen molar-refractivity contribution in [2.75, 3.05) is 5.75 Å². The number of nitrogens with one attached hydrogen (secondary N) is 1. The third-order valence-corrected chi connectivity index (χ3v) is 2.09. The lowest BCUT2D eigenvalue weighted by molar-refractivity contribution is -0.115. The molecule has 1 aromatic rings. The summed E-state index contributed by atoms with van der Waals surface area (Å²) in [7, 11) is 0. The van der Waals surface area contributed by atoms with Gasteiger partial charge in [-0.2, -0.15) is 0 Å². The Labute approximate surface area is 78.8 Å². The van der Waals surface area contributed by atoms with Gasteiger partial charge < -0.3 is 10.7 Å². The maximum Gasteiger partial charge on any atom is 0.251 e. The molecule has 5 nitrogen and oxygen atoms in total. The van der Waals surface area contributed by atoms with Crippen molar-refractivity contribution in [1.82, 2.24) is 9.97 Å². The van der Waals surface area contributed by atoms with E-state index in [0.29, 0.717) is 10.9 Å². The SMILES string of the molecule is Cc1cc(=O)[nH]c(SCC(N)=O)n1. The van der Waals surface area contributed by atoms with E-state index in [4.69, 9.17) is 5.73 Å². The molecule has 3 N–H and O–H groups in total. The number of thioether (sulfide) groups is 1. The summed E-state index contributed by atoms with van der Waals surface area (Å²) in [5.74, 6) is -0.319. The minimum Gasteiger partial charge on any atom is -0.369 e. The van der Waals surface area contributed by atoms with Gasteiger partial charge in [-0.15, -0.1) is 0 Å². The average Bonchev–Trinajstić information content (AvgIpc) is 1.99. The molecule has 0 aromatic carbocycles. The third-order valence-electron chi connectivity index (χ3n) is 1.20. The maximum absolute atomic E-state index is 10.9. The van der Waals surface area contributed by atoms with Crippen LogP contribution in [0.3, 0.4) is 0 Å². The van der Waals surface area contributed by atoms with E-state index in [1.165, 1.54) is 6.07 Å². The molecule has 0 aliphatic rings. The Morgan fingerprint density at radius 2 is 2.46 bits per heavy atom. The molecule has 0 aliphatic heterocycles. The smallest absolute Gasteiger partial charge is 0.251 e. The number of aromatic nitrogens is 2. The minimum atomic E-state index is -0.436. The Morgan fingerprint density at radius 1 is 1.77 bits per heavy atom. The fraction of sp³-hybridized carbons (Fsp3) is 0.286. The van der Waals surface area contributed by atoms with Crippen LogP contribution in [-0.4, -0.2) is 21.6 Å². The summed E-state index contributed by atoms with van der Waals surface area (Å²) >= 11 is 1.12. The quantitative estimate of drug-likeness (QED) is 0.514. The molecular weight excluding hydrogens is 190 g/mol. The highest BCUT2D eigenvalue weighted by Crippen LogP contribution is 2.09. The summed E-state index contributed by atoms with van der Waals surface area (Å²) in [6.07, 6.45) is 0. The van der Waals surface area contributed by atoms with Gasteiger partial charge in [-0.25, -0.2) is 4.98 Å². The topological polar surface area (TPSA) is 88.8 Å². The molecule has 0 fully saturated rings. The molecule has 0 radical (unpaired) electrons. The Balaban J connectivity index is 2.77. The number of nitrogens with two attached hydrogens (primary N) is 1. The van der Waals surface area contributed by atoms with E-state index in [-0.39, 0.29) is 11.3 Å².